The molecule has 0 saturated heterocycles. The Morgan fingerprint density at radius 2 is 1.85 bits per heavy atom. The molecule has 5 heteroatoms. The first-order chi connectivity index (χ1) is 16.1. The normalized spacial score (nSPS) is 19.0. The van der Waals surface area contributed by atoms with Crippen LogP contribution in [0.1, 0.15) is 121 Å². The van der Waals surface area contributed by atoms with Crippen molar-refractivity contribution in [3.63, 3.8) is 0 Å². The zero-order valence-corrected chi connectivity index (χ0v) is 20.9. The van der Waals surface area contributed by atoms with Crippen molar-refractivity contribution < 1.29 is 19.4 Å². The maximum atomic E-state index is 14.0. The van der Waals surface area contributed by atoms with Crippen molar-refractivity contribution >= 4 is 17.3 Å². The maximum Gasteiger partial charge on any atom is 0.338 e. The summed E-state index contributed by atoms with van der Waals surface area (Å²) in [5, 5.41) is 11.3. The van der Waals surface area contributed by atoms with Gasteiger partial charge in [-0.15, -0.1) is 0 Å². The molecule has 1 aromatic carbocycles. The second-order valence-electron chi connectivity index (χ2n) is 10.6. The molecule has 34 heavy (non-hydrogen) atoms. The SMILES string of the molecule is CCOC(=O)c1ccc(C(=O)c2c(C(C)C)nc3c(c2C2=CCCC2)C(O)CC(C)(C)C3)cc1. The number of allylic oxidation sites excluding steroid dienone is 2. The summed E-state index contributed by atoms with van der Waals surface area (Å²) in [6.45, 7) is 10.5. The van der Waals surface area contributed by atoms with Crippen molar-refractivity contribution in [3.05, 3.63) is 69.5 Å². The van der Waals surface area contributed by atoms with Gasteiger partial charge in [-0.25, -0.2) is 4.79 Å². The van der Waals surface area contributed by atoms with Crippen LogP contribution >= 0.6 is 0 Å². The Labute approximate surface area is 202 Å². The van der Waals surface area contributed by atoms with Gasteiger partial charge in [0.05, 0.1) is 29.5 Å². The van der Waals surface area contributed by atoms with Crippen LogP contribution in [0.15, 0.2) is 30.3 Å². The maximum absolute atomic E-state index is 14.0. The van der Waals surface area contributed by atoms with Gasteiger partial charge in [-0.05, 0) is 73.6 Å². The van der Waals surface area contributed by atoms with E-state index in [1.165, 1.54) is 0 Å². The summed E-state index contributed by atoms with van der Waals surface area (Å²) in [7, 11) is 0. The quantitative estimate of drug-likeness (QED) is 0.410. The van der Waals surface area contributed by atoms with Gasteiger partial charge in [-0.2, -0.15) is 0 Å². The summed E-state index contributed by atoms with van der Waals surface area (Å²) in [5.41, 5.74) is 6.05. The van der Waals surface area contributed by atoms with Gasteiger partial charge in [0.1, 0.15) is 0 Å². The van der Waals surface area contributed by atoms with E-state index >= 15 is 0 Å². The van der Waals surface area contributed by atoms with Crippen LogP contribution in [0.2, 0.25) is 0 Å². The van der Waals surface area contributed by atoms with Crippen LogP contribution < -0.4 is 0 Å². The summed E-state index contributed by atoms with van der Waals surface area (Å²) in [4.78, 5) is 31.1. The lowest BCUT2D eigenvalue weighted by Crippen LogP contribution is -2.30. The number of aliphatic hydroxyl groups excluding tert-OH is 1. The van der Waals surface area contributed by atoms with Crippen molar-refractivity contribution in [3.8, 4) is 0 Å². The topological polar surface area (TPSA) is 76.5 Å². The molecule has 5 nitrogen and oxygen atoms in total. The van der Waals surface area contributed by atoms with Gasteiger partial charge in [0.15, 0.2) is 5.78 Å². The number of benzene rings is 1. The highest BCUT2D eigenvalue weighted by molar-refractivity contribution is 6.13. The number of esters is 1. The largest absolute Gasteiger partial charge is 0.462 e. The average Bonchev–Trinajstić information content (AvgIpc) is 3.31. The molecular formula is C29H35NO4. The lowest BCUT2D eigenvalue weighted by molar-refractivity contribution is 0.0526. The van der Waals surface area contributed by atoms with E-state index < -0.39 is 12.1 Å². The molecular weight excluding hydrogens is 426 g/mol. The molecule has 1 atom stereocenters. The molecule has 1 N–H and O–H groups in total. The highest BCUT2D eigenvalue weighted by Gasteiger charge is 2.38. The molecule has 1 unspecified atom stereocenters. The van der Waals surface area contributed by atoms with Crippen LogP contribution in [0, 0.1) is 5.41 Å². The summed E-state index contributed by atoms with van der Waals surface area (Å²) in [5.74, 6) is -0.470. The number of pyridine rings is 1. The summed E-state index contributed by atoms with van der Waals surface area (Å²) < 4.78 is 5.07. The van der Waals surface area contributed by atoms with Crippen LogP contribution in [-0.4, -0.2) is 28.4 Å². The van der Waals surface area contributed by atoms with Crippen LogP contribution in [-0.2, 0) is 11.2 Å². The minimum absolute atomic E-state index is 0.0472. The number of aliphatic hydroxyl groups is 1. The fourth-order valence-electron chi connectivity index (χ4n) is 5.31. The smallest absolute Gasteiger partial charge is 0.338 e. The first kappa shape index (κ1) is 24.3. The Kier molecular flexibility index (Phi) is 6.77. The van der Waals surface area contributed by atoms with Gasteiger partial charge in [0, 0.05) is 16.8 Å². The number of rotatable bonds is 6. The first-order valence-corrected chi connectivity index (χ1v) is 12.4. The number of carbonyl (C=O) groups excluding carboxylic acids is 2. The van der Waals surface area contributed by atoms with E-state index in [2.05, 4.69) is 33.8 Å². The number of ether oxygens (including phenoxy) is 1. The van der Waals surface area contributed by atoms with E-state index in [1.807, 2.05) is 0 Å². The van der Waals surface area contributed by atoms with E-state index in [-0.39, 0.29) is 17.1 Å². The lowest BCUT2D eigenvalue weighted by Gasteiger charge is -2.37. The van der Waals surface area contributed by atoms with Gasteiger partial charge >= 0.3 is 5.97 Å². The zero-order valence-electron chi connectivity index (χ0n) is 20.9. The molecule has 180 valence electrons. The van der Waals surface area contributed by atoms with Gasteiger partial charge < -0.3 is 9.84 Å². The summed E-state index contributed by atoms with van der Waals surface area (Å²) in [6, 6.07) is 6.64. The highest BCUT2D eigenvalue weighted by atomic mass is 16.5. The Balaban J connectivity index is 1.90. The number of hydrogen-bond donors (Lipinski definition) is 1. The molecule has 0 aliphatic heterocycles. The molecule has 0 fully saturated rings. The predicted octanol–water partition coefficient (Wildman–Crippen LogP) is 6.19. The molecule has 2 aliphatic carbocycles. The minimum atomic E-state index is -0.651. The van der Waals surface area contributed by atoms with Crippen molar-refractivity contribution in [2.24, 2.45) is 5.41 Å². The average molecular weight is 462 g/mol. The minimum Gasteiger partial charge on any atom is -0.462 e. The molecule has 2 aliphatic rings. The summed E-state index contributed by atoms with van der Waals surface area (Å²) >= 11 is 0. The van der Waals surface area contributed by atoms with E-state index in [0.29, 0.717) is 29.7 Å². The van der Waals surface area contributed by atoms with Crippen LogP contribution in [0.3, 0.4) is 0 Å². The van der Waals surface area contributed by atoms with Gasteiger partial charge in [0.25, 0.3) is 0 Å². The fraction of sp³-hybridized carbons (Fsp3) is 0.483. The molecule has 0 radical (unpaired) electrons. The van der Waals surface area contributed by atoms with Crippen LogP contribution in [0.5, 0.6) is 0 Å². The number of nitrogens with zero attached hydrogens (tertiary/aromatic N) is 1. The highest BCUT2D eigenvalue weighted by Crippen LogP contribution is 2.47. The van der Waals surface area contributed by atoms with Crippen LogP contribution in [0.4, 0.5) is 0 Å². The van der Waals surface area contributed by atoms with Crippen molar-refractivity contribution in [1.29, 1.82) is 0 Å². The number of carbonyl (C=O) groups is 2. The Hall–Kier alpha value is -2.79. The monoisotopic (exact) mass is 461 g/mol. The number of aromatic nitrogens is 1. The zero-order chi connectivity index (χ0) is 24.6. The molecule has 0 spiro atoms. The number of ketones is 1. The molecule has 4 rings (SSSR count). The molecule has 0 saturated carbocycles. The van der Waals surface area contributed by atoms with Crippen molar-refractivity contribution in [1.82, 2.24) is 4.98 Å². The lowest BCUT2D eigenvalue weighted by atomic mass is 9.71. The summed E-state index contributed by atoms with van der Waals surface area (Å²) in [6.07, 6.45) is 5.91. The third kappa shape index (κ3) is 4.58. The second kappa shape index (κ2) is 9.46. The molecule has 0 bridgehead atoms. The van der Waals surface area contributed by atoms with E-state index in [1.54, 1.807) is 31.2 Å². The number of fused-ring (bicyclic) bond motifs is 1. The Morgan fingerprint density at radius 1 is 1.18 bits per heavy atom. The first-order valence-electron chi connectivity index (χ1n) is 12.4. The Morgan fingerprint density at radius 3 is 2.44 bits per heavy atom. The second-order valence-corrected chi connectivity index (χ2v) is 10.6. The van der Waals surface area contributed by atoms with Crippen molar-refractivity contribution in [2.75, 3.05) is 6.61 Å². The van der Waals surface area contributed by atoms with Crippen LogP contribution in [0.25, 0.3) is 5.57 Å². The standard InChI is InChI=1S/C29H35NO4/c1-6-34-28(33)20-13-11-19(12-14-20)27(32)25-23(18-9-7-8-10-18)24-21(30-26(25)17(2)3)15-29(4,5)16-22(24)31/h9,11-14,17,22,31H,6-8,10,15-16H2,1-5H3. The van der Waals surface area contributed by atoms with Gasteiger partial charge in [-0.3, -0.25) is 9.78 Å². The van der Waals surface area contributed by atoms with Crippen molar-refractivity contribution in [2.45, 2.75) is 78.7 Å². The van der Waals surface area contributed by atoms with E-state index in [9.17, 15) is 14.7 Å². The molecule has 0 amide bonds. The predicted molar refractivity (Wildman–Crippen MR) is 133 cm³/mol. The third-order valence-corrected chi connectivity index (χ3v) is 6.86. The van der Waals surface area contributed by atoms with Gasteiger partial charge in [-0.1, -0.05) is 45.9 Å². The third-order valence-electron chi connectivity index (χ3n) is 6.86. The fourth-order valence-corrected chi connectivity index (χ4v) is 5.31. The number of hydrogen-bond acceptors (Lipinski definition) is 5. The molecule has 1 heterocycles. The molecule has 1 aromatic heterocycles. The Bertz CT molecular complexity index is 1140. The van der Waals surface area contributed by atoms with Gasteiger partial charge in [0.2, 0.25) is 0 Å². The van der Waals surface area contributed by atoms with E-state index in [4.69, 9.17) is 9.72 Å². The molecule has 2 aromatic rings. The van der Waals surface area contributed by atoms with E-state index in [0.717, 1.165) is 53.8 Å².